The molecule has 86 valence electrons. The fourth-order valence-corrected chi connectivity index (χ4v) is 1.83. The molecule has 0 aromatic heterocycles. The Hall–Kier alpha value is -0.650. The molecular weight excluding hydrogens is 200 g/mol. The number of ether oxygens (including phenoxy) is 3. The van der Waals surface area contributed by atoms with Crippen LogP contribution in [0.1, 0.15) is 13.8 Å². The normalized spacial score (nSPS) is 39.5. The molecule has 0 aliphatic carbocycles. The van der Waals surface area contributed by atoms with E-state index >= 15 is 0 Å². The van der Waals surface area contributed by atoms with Crippen LogP contribution in [0.3, 0.4) is 0 Å². The van der Waals surface area contributed by atoms with Gasteiger partial charge >= 0.3 is 5.97 Å². The molecule has 1 N–H and O–H groups in total. The summed E-state index contributed by atoms with van der Waals surface area (Å²) < 4.78 is 15.9. The lowest BCUT2D eigenvalue weighted by molar-refractivity contribution is -0.157. The van der Waals surface area contributed by atoms with Crippen LogP contribution in [-0.2, 0) is 19.0 Å². The zero-order valence-corrected chi connectivity index (χ0v) is 8.88. The van der Waals surface area contributed by atoms with Gasteiger partial charge in [-0.25, -0.2) is 0 Å². The minimum atomic E-state index is -0.599. The van der Waals surface area contributed by atoms with Gasteiger partial charge in [0.15, 0.2) is 6.10 Å². The molecule has 5 heteroatoms. The number of aliphatic hydroxyl groups excluding tert-OH is 1. The lowest BCUT2D eigenvalue weighted by Crippen LogP contribution is -2.35. The van der Waals surface area contributed by atoms with Crippen LogP contribution < -0.4 is 0 Å². The average molecular weight is 216 g/mol. The van der Waals surface area contributed by atoms with Crippen LogP contribution in [-0.4, -0.2) is 48.7 Å². The van der Waals surface area contributed by atoms with Crippen molar-refractivity contribution in [2.75, 3.05) is 13.2 Å². The molecule has 2 heterocycles. The molecule has 0 unspecified atom stereocenters. The van der Waals surface area contributed by atoms with Gasteiger partial charge in [0, 0.05) is 0 Å². The Kier molecular flexibility index (Phi) is 2.95. The maximum Gasteiger partial charge on any atom is 0.308 e. The number of rotatable bonds is 2. The molecule has 2 aliphatic rings. The zero-order valence-electron chi connectivity index (χ0n) is 8.88. The van der Waals surface area contributed by atoms with Crippen molar-refractivity contribution in [3.63, 3.8) is 0 Å². The summed E-state index contributed by atoms with van der Waals surface area (Å²) >= 11 is 0. The summed E-state index contributed by atoms with van der Waals surface area (Å²) in [5.74, 6) is -0.412. The fourth-order valence-electron chi connectivity index (χ4n) is 1.83. The second-order valence-electron chi connectivity index (χ2n) is 4.29. The highest BCUT2D eigenvalue weighted by atomic mass is 16.6. The van der Waals surface area contributed by atoms with Crippen molar-refractivity contribution < 1.29 is 24.1 Å². The number of carbonyl (C=O) groups excluding carboxylic acids is 1. The highest BCUT2D eigenvalue weighted by Gasteiger charge is 2.48. The van der Waals surface area contributed by atoms with Crippen LogP contribution in [0.4, 0.5) is 0 Å². The Bertz CT molecular complexity index is 252. The molecule has 4 atom stereocenters. The molecule has 0 amide bonds. The molecule has 2 aliphatic heterocycles. The Morgan fingerprint density at radius 2 is 2.00 bits per heavy atom. The third kappa shape index (κ3) is 2.00. The Morgan fingerprint density at radius 3 is 2.67 bits per heavy atom. The van der Waals surface area contributed by atoms with E-state index in [1.807, 2.05) is 0 Å². The van der Waals surface area contributed by atoms with E-state index in [0.717, 1.165) is 0 Å². The highest BCUT2D eigenvalue weighted by Crippen LogP contribution is 2.29. The smallest absolute Gasteiger partial charge is 0.308 e. The summed E-state index contributed by atoms with van der Waals surface area (Å²) in [6.45, 7) is 4.12. The van der Waals surface area contributed by atoms with E-state index in [1.165, 1.54) is 0 Å². The number of hydrogen-bond acceptors (Lipinski definition) is 5. The predicted molar refractivity (Wildman–Crippen MR) is 50.2 cm³/mol. The van der Waals surface area contributed by atoms with E-state index < -0.39 is 6.10 Å². The summed E-state index contributed by atoms with van der Waals surface area (Å²) in [7, 11) is 0. The topological polar surface area (TPSA) is 65.0 Å². The van der Waals surface area contributed by atoms with Gasteiger partial charge in [0.05, 0.1) is 19.1 Å². The van der Waals surface area contributed by atoms with Crippen molar-refractivity contribution in [2.24, 2.45) is 5.92 Å². The first-order chi connectivity index (χ1) is 7.09. The predicted octanol–water partition coefficient (Wildman–Crippen LogP) is -0.287. The number of carbonyl (C=O) groups is 1. The first kappa shape index (κ1) is 10.9. The number of hydrogen-bond donors (Lipinski definition) is 1. The standard InChI is InChI=1S/C10H16O5/c1-5(2)10(12)15-7-4-14-8-6(11)3-13-9(7)8/h5-9,11H,3-4H2,1-2H3/t6-,7-,8-,9-/m1/s1. The second-order valence-corrected chi connectivity index (χ2v) is 4.29. The molecule has 5 nitrogen and oxygen atoms in total. The quantitative estimate of drug-likeness (QED) is 0.643. The van der Waals surface area contributed by atoms with E-state index in [2.05, 4.69) is 0 Å². The van der Waals surface area contributed by atoms with Gasteiger partial charge in [-0.3, -0.25) is 4.79 Å². The molecule has 0 bridgehead atoms. The van der Waals surface area contributed by atoms with Crippen molar-refractivity contribution in [1.82, 2.24) is 0 Å². The Labute approximate surface area is 88.3 Å². The first-order valence-corrected chi connectivity index (χ1v) is 5.21. The van der Waals surface area contributed by atoms with Crippen LogP contribution in [0.2, 0.25) is 0 Å². The van der Waals surface area contributed by atoms with E-state index in [9.17, 15) is 9.90 Å². The van der Waals surface area contributed by atoms with Crippen molar-refractivity contribution >= 4 is 5.97 Å². The van der Waals surface area contributed by atoms with Crippen molar-refractivity contribution in [3.8, 4) is 0 Å². The van der Waals surface area contributed by atoms with Gasteiger partial charge in [0.1, 0.15) is 18.3 Å². The molecule has 2 rings (SSSR count). The fraction of sp³-hybridized carbons (Fsp3) is 0.900. The minimum Gasteiger partial charge on any atom is -0.457 e. The van der Waals surface area contributed by atoms with Gasteiger partial charge in [0.2, 0.25) is 0 Å². The number of fused-ring (bicyclic) bond motifs is 1. The van der Waals surface area contributed by atoms with E-state index in [1.54, 1.807) is 13.8 Å². The Morgan fingerprint density at radius 1 is 1.33 bits per heavy atom. The molecule has 15 heavy (non-hydrogen) atoms. The van der Waals surface area contributed by atoms with Crippen LogP contribution in [0.25, 0.3) is 0 Å². The van der Waals surface area contributed by atoms with Gasteiger partial charge in [-0.1, -0.05) is 13.8 Å². The molecule has 0 saturated carbocycles. The van der Waals surface area contributed by atoms with Gasteiger partial charge in [0.25, 0.3) is 0 Å². The highest BCUT2D eigenvalue weighted by molar-refractivity contribution is 5.71. The van der Waals surface area contributed by atoms with E-state index in [0.29, 0.717) is 6.61 Å². The molecular formula is C10H16O5. The monoisotopic (exact) mass is 216 g/mol. The van der Waals surface area contributed by atoms with Gasteiger partial charge in [-0.2, -0.15) is 0 Å². The lowest BCUT2D eigenvalue weighted by atomic mass is 10.1. The molecule has 2 saturated heterocycles. The molecule has 0 aromatic rings. The third-order valence-corrected chi connectivity index (χ3v) is 2.72. The lowest BCUT2D eigenvalue weighted by Gasteiger charge is -2.17. The van der Waals surface area contributed by atoms with Crippen LogP contribution >= 0.6 is 0 Å². The second kappa shape index (κ2) is 4.08. The van der Waals surface area contributed by atoms with Gasteiger partial charge in [-0.15, -0.1) is 0 Å². The van der Waals surface area contributed by atoms with Crippen molar-refractivity contribution in [1.29, 1.82) is 0 Å². The zero-order chi connectivity index (χ0) is 11.0. The molecule has 0 spiro atoms. The summed E-state index contributed by atoms with van der Waals surface area (Å²) in [5.41, 5.74) is 0. The molecule has 2 fully saturated rings. The first-order valence-electron chi connectivity index (χ1n) is 5.21. The van der Waals surface area contributed by atoms with Crippen LogP contribution in [0.15, 0.2) is 0 Å². The average Bonchev–Trinajstić information content (AvgIpc) is 2.71. The van der Waals surface area contributed by atoms with Crippen molar-refractivity contribution in [2.45, 2.75) is 38.3 Å². The maximum atomic E-state index is 11.4. The number of aliphatic hydroxyl groups is 1. The summed E-state index contributed by atoms with van der Waals surface area (Å²) in [6, 6.07) is 0. The van der Waals surface area contributed by atoms with Gasteiger partial charge in [-0.05, 0) is 0 Å². The van der Waals surface area contributed by atoms with Crippen LogP contribution in [0.5, 0.6) is 0 Å². The summed E-state index contributed by atoms with van der Waals surface area (Å²) in [4.78, 5) is 11.4. The van der Waals surface area contributed by atoms with Crippen LogP contribution in [0, 0.1) is 5.92 Å². The van der Waals surface area contributed by atoms with E-state index in [-0.39, 0.29) is 36.8 Å². The summed E-state index contributed by atoms with van der Waals surface area (Å²) in [5, 5.41) is 9.47. The SMILES string of the molecule is CC(C)C(=O)O[C@@H]1CO[C@H]2[C@@H]1OC[C@H]2O. The molecule has 0 radical (unpaired) electrons. The minimum absolute atomic E-state index is 0.157. The van der Waals surface area contributed by atoms with Gasteiger partial charge < -0.3 is 19.3 Å². The maximum absolute atomic E-state index is 11.4. The number of esters is 1. The van der Waals surface area contributed by atoms with Crippen molar-refractivity contribution in [3.05, 3.63) is 0 Å². The largest absolute Gasteiger partial charge is 0.457 e. The van der Waals surface area contributed by atoms with E-state index in [4.69, 9.17) is 14.2 Å². The molecule has 0 aromatic carbocycles. The third-order valence-electron chi connectivity index (χ3n) is 2.72. The summed E-state index contributed by atoms with van der Waals surface area (Å²) in [6.07, 6.45) is -1.61. The Balaban J connectivity index is 1.93.